The van der Waals surface area contributed by atoms with E-state index >= 15 is 0 Å². The number of piperidine rings is 2. The van der Waals surface area contributed by atoms with E-state index in [1.165, 1.54) is 19.3 Å². The van der Waals surface area contributed by atoms with Crippen LogP contribution in [0.1, 0.15) is 48.0 Å². The van der Waals surface area contributed by atoms with Crippen molar-refractivity contribution in [1.82, 2.24) is 15.2 Å². The van der Waals surface area contributed by atoms with Crippen LogP contribution in [-0.4, -0.2) is 41.0 Å². The molecular formula is C22H24ClN3O2S. The first-order valence-corrected chi connectivity index (χ1v) is 11.4. The van der Waals surface area contributed by atoms with Gasteiger partial charge in [0.2, 0.25) is 5.89 Å². The molecule has 0 spiro atoms. The monoisotopic (exact) mass is 429 g/mol. The number of rotatable bonds is 3. The van der Waals surface area contributed by atoms with Crippen LogP contribution in [0.15, 0.2) is 28.0 Å². The van der Waals surface area contributed by atoms with Gasteiger partial charge in [0.05, 0.1) is 10.4 Å². The number of halogens is 1. The molecule has 2 bridgehead atoms. The van der Waals surface area contributed by atoms with Crippen LogP contribution in [-0.2, 0) is 0 Å². The quantitative estimate of drug-likeness (QED) is 0.616. The number of amides is 1. The van der Waals surface area contributed by atoms with Crippen LogP contribution in [0.25, 0.3) is 21.9 Å². The highest BCUT2D eigenvalue weighted by molar-refractivity contribution is 7.13. The smallest absolute Gasteiger partial charge is 0.253 e. The van der Waals surface area contributed by atoms with Crippen LogP contribution in [0.3, 0.4) is 0 Å². The number of carbonyl (C=O) groups is 1. The third-order valence-corrected chi connectivity index (χ3v) is 7.66. The van der Waals surface area contributed by atoms with Crippen molar-refractivity contribution in [3.8, 4) is 10.8 Å². The van der Waals surface area contributed by atoms with Crippen LogP contribution >= 0.6 is 22.9 Å². The molecule has 5 nitrogen and oxygen atoms in total. The minimum atomic E-state index is -0.118. The zero-order chi connectivity index (χ0) is 20.1. The lowest BCUT2D eigenvalue weighted by molar-refractivity contribution is 0.0463. The summed E-state index contributed by atoms with van der Waals surface area (Å²) in [5, 5.41) is 5.75. The molecule has 1 amide bonds. The summed E-state index contributed by atoms with van der Waals surface area (Å²) in [4.78, 5) is 21.3. The molecule has 7 heteroatoms. The van der Waals surface area contributed by atoms with E-state index in [0.29, 0.717) is 39.7 Å². The normalized spacial score (nSPS) is 24.7. The highest BCUT2D eigenvalue weighted by Crippen LogP contribution is 2.35. The summed E-state index contributed by atoms with van der Waals surface area (Å²) in [6.45, 7) is 2.03. The molecule has 2 aromatic heterocycles. The summed E-state index contributed by atoms with van der Waals surface area (Å²) in [6, 6.07) is 6.77. The van der Waals surface area contributed by atoms with E-state index in [4.69, 9.17) is 16.0 Å². The van der Waals surface area contributed by atoms with E-state index in [0.717, 1.165) is 23.3 Å². The largest absolute Gasteiger partial charge is 0.435 e. The minimum Gasteiger partial charge on any atom is -0.435 e. The van der Waals surface area contributed by atoms with Crippen molar-refractivity contribution >= 4 is 39.9 Å². The second-order valence-electron chi connectivity index (χ2n) is 8.30. The molecule has 3 aromatic rings. The number of nitrogens with one attached hydrogen (secondary N) is 1. The number of oxazole rings is 1. The molecule has 0 saturated carbocycles. The maximum Gasteiger partial charge on any atom is 0.253 e. The van der Waals surface area contributed by atoms with E-state index in [9.17, 15) is 4.79 Å². The summed E-state index contributed by atoms with van der Waals surface area (Å²) in [7, 11) is 2.22. The van der Waals surface area contributed by atoms with E-state index in [1.54, 1.807) is 23.5 Å². The van der Waals surface area contributed by atoms with Gasteiger partial charge in [-0.05, 0) is 62.7 Å². The Morgan fingerprint density at radius 1 is 1.31 bits per heavy atom. The number of nitrogens with zero attached hydrogens (tertiary/aromatic N) is 2. The minimum absolute atomic E-state index is 0.118. The lowest BCUT2D eigenvalue weighted by Crippen LogP contribution is -2.55. The third-order valence-electron chi connectivity index (χ3n) is 6.44. The van der Waals surface area contributed by atoms with Crippen LogP contribution in [0.5, 0.6) is 0 Å². The number of aromatic nitrogens is 1. The summed E-state index contributed by atoms with van der Waals surface area (Å²) in [6.07, 6.45) is 5.72. The molecule has 1 N–H and O–H groups in total. The zero-order valence-electron chi connectivity index (χ0n) is 16.6. The Morgan fingerprint density at radius 2 is 2.07 bits per heavy atom. The Morgan fingerprint density at radius 3 is 2.76 bits per heavy atom. The predicted octanol–water partition coefficient (Wildman–Crippen LogP) is 5.26. The molecule has 2 saturated heterocycles. The van der Waals surface area contributed by atoms with Crippen molar-refractivity contribution in [2.24, 2.45) is 0 Å². The molecule has 2 aliphatic rings. The van der Waals surface area contributed by atoms with Crippen LogP contribution in [0.4, 0.5) is 0 Å². The van der Waals surface area contributed by atoms with E-state index in [1.807, 2.05) is 18.4 Å². The van der Waals surface area contributed by atoms with Crippen molar-refractivity contribution < 1.29 is 9.21 Å². The highest BCUT2D eigenvalue weighted by atomic mass is 35.5. The Kier molecular flexibility index (Phi) is 4.88. The molecule has 2 atom stereocenters. The van der Waals surface area contributed by atoms with Crippen LogP contribution in [0.2, 0.25) is 5.02 Å². The van der Waals surface area contributed by atoms with Gasteiger partial charge in [-0.3, -0.25) is 4.79 Å². The van der Waals surface area contributed by atoms with Gasteiger partial charge in [-0.2, -0.15) is 0 Å². The first-order chi connectivity index (χ1) is 14.0. The Bertz CT molecular complexity index is 1060. The summed E-state index contributed by atoms with van der Waals surface area (Å²) >= 11 is 7.88. The van der Waals surface area contributed by atoms with Gasteiger partial charge in [-0.25, -0.2) is 4.98 Å². The van der Waals surface area contributed by atoms with Crippen molar-refractivity contribution in [2.45, 2.75) is 57.2 Å². The number of hydrogen-bond donors (Lipinski definition) is 1. The first-order valence-electron chi connectivity index (χ1n) is 10.2. The molecule has 2 aliphatic heterocycles. The standard InChI is InChI=1S/C22H24ClN3O2S/c1-12-6-7-29-20(12)22-25-19-17(8-13(23)9-18(19)28-22)21(27)24-14-10-15-4-3-5-16(11-14)26(15)2/h6-9,14-16H,3-5,10-11H2,1-2H3,(H,24,27). The van der Waals surface area contributed by atoms with Crippen molar-refractivity contribution in [2.75, 3.05) is 7.05 Å². The van der Waals surface area contributed by atoms with E-state index < -0.39 is 0 Å². The lowest BCUT2D eigenvalue weighted by Gasteiger charge is -2.47. The Hall–Kier alpha value is -1.89. The van der Waals surface area contributed by atoms with Crippen molar-refractivity contribution in [3.63, 3.8) is 0 Å². The molecule has 0 aliphatic carbocycles. The number of carbonyl (C=O) groups excluding carboxylic acids is 1. The summed E-state index contributed by atoms with van der Waals surface area (Å²) < 4.78 is 5.96. The van der Waals surface area contributed by atoms with Gasteiger partial charge in [0.25, 0.3) is 5.91 Å². The molecule has 152 valence electrons. The SMILES string of the molecule is Cc1ccsc1-c1nc2c(C(=O)NC3CC4CCCC(C3)N4C)cc(Cl)cc2o1. The maximum atomic E-state index is 13.2. The predicted molar refractivity (Wildman–Crippen MR) is 117 cm³/mol. The lowest BCUT2D eigenvalue weighted by atomic mass is 9.82. The van der Waals surface area contributed by atoms with Crippen molar-refractivity contribution in [3.05, 3.63) is 39.7 Å². The number of aryl methyl sites for hydroxylation is 1. The Balaban J connectivity index is 1.44. The maximum absolute atomic E-state index is 13.2. The molecule has 1 aromatic carbocycles. The van der Waals surface area contributed by atoms with Gasteiger partial charge in [0, 0.05) is 29.2 Å². The molecule has 4 heterocycles. The number of thiophene rings is 1. The van der Waals surface area contributed by atoms with E-state index in [-0.39, 0.29) is 11.9 Å². The zero-order valence-corrected chi connectivity index (χ0v) is 18.1. The van der Waals surface area contributed by atoms with Gasteiger partial charge in [0.1, 0.15) is 5.52 Å². The summed E-state index contributed by atoms with van der Waals surface area (Å²) in [5.41, 5.74) is 2.71. The highest BCUT2D eigenvalue weighted by Gasteiger charge is 2.36. The third kappa shape index (κ3) is 3.47. The fourth-order valence-electron chi connectivity index (χ4n) is 4.85. The fourth-order valence-corrected chi connectivity index (χ4v) is 5.91. The molecular weight excluding hydrogens is 406 g/mol. The topological polar surface area (TPSA) is 58.4 Å². The second kappa shape index (κ2) is 7.42. The Labute approximate surface area is 179 Å². The van der Waals surface area contributed by atoms with Gasteiger partial charge in [-0.15, -0.1) is 11.3 Å². The van der Waals surface area contributed by atoms with Gasteiger partial charge >= 0.3 is 0 Å². The van der Waals surface area contributed by atoms with Gasteiger partial charge in [-0.1, -0.05) is 18.0 Å². The molecule has 2 fully saturated rings. The van der Waals surface area contributed by atoms with Crippen LogP contribution < -0.4 is 5.32 Å². The molecule has 5 rings (SSSR count). The molecule has 2 unspecified atom stereocenters. The average Bonchev–Trinajstić information content (AvgIpc) is 3.27. The van der Waals surface area contributed by atoms with Crippen LogP contribution in [0, 0.1) is 6.92 Å². The fraction of sp³-hybridized carbons (Fsp3) is 0.455. The summed E-state index contributed by atoms with van der Waals surface area (Å²) in [5.74, 6) is 0.422. The molecule has 29 heavy (non-hydrogen) atoms. The van der Waals surface area contributed by atoms with Gasteiger partial charge < -0.3 is 14.6 Å². The number of benzene rings is 1. The second-order valence-corrected chi connectivity index (χ2v) is 9.65. The first kappa shape index (κ1) is 19.1. The average molecular weight is 430 g/mol. The number of fused-ring (bicyclic) bond motifs is 3. The number of hydrogen-bond acceptors (Lipinski definition) is 5. The molecule has 0 radical (unpaired) electrons. The van der Waals surface area contributed by atoms with E-state index in [2.05, 4.69) is 22.2 Å². The van der Waals surface area contributed by atoms with Crippen molar-refractivity contribution in [1.29, 1.82) is 0 Å². The van der Waals surface area contributed by atoms with Gasteiger partial charge in [0.15, 0.2) is 5.58 Å².